The lowest BCUT2D eigenvalue weighted by Crippen LogP contribution is -2.21. The highest BCUT2D eigenvalue weighted by atomic mass is 16.8. The summed E-state index contributed by atoms with van der Waals surface area (Å²) in [5.41, 5.74) is 0. The van der Waals surface area contributed by atoms with E-state index in [-0.39, 0.29) is 0 Å². The number of hydrogen-bond donors (Lipinski definition) is 1. The lowest BCUT2D eigenvalue weighted by atomic mass is 10.8. The van der Waals surface area contributed by atoms with Crippen LogP contribution >= 0.6 is 0 Å². The van der Waals surface area contributed by atoms with E-state index in [0.29, 0.717) is 6.54 Å². The van der Waals surface area contributed by atoms with E-state index in [0.717, 1.165) is 0 Å². The Morgan fingerprint density at radius 1 is 1.88 bits per heavy atom. The summed E-state index contributed by atoms with van der Waals surface area (Å²) >= 11 is 0. The monoisotopic (exact) mass is 119 g/mol. The van der Waals surface area contributed by atoms with Crippen LogP contribution in [0.25, 0.3) is 0 Å². The van der Waals surface area contributed by atoms with Gasteiger partial charge in [-0.15, -0.1) is 5.06 Å². The maximum atomic E-state index is 9.70. The van der Waals surface area contributed by atoms with Gasteiger partial charge in [0, 0.05) is 13.6 Å². The van der Waals surface area contributed by atoms with Crippen LogP contribution in [0.2, 0.25) is 0 Å². The first-order valence-electron chi connectivity index (χ1n) is 2.28. The van der Waals surface area contributed by atoms with Crippen molar-refractivity contribution in [3.63, 3.8) is 0 Å². The summed E-state index contributed by atoms with van der Waals surface area (Å²) in [6, 6.07) is 0. The summed E-state index contributed by atoms with van der Waals surface area (Å²) in [6.45, 7) is 2.36. The number of hydrogen-bond acceptors (Lipinski definition) is 3. The molecule has 1 N–H and O–H groups in total. The van der Waals surface area contributed by atoms with Gasteiger partial charge in [-0.1, -0.05) is 0 Å². The molecule has 0 aliphatic carbocycles. The van der Waals surface area contributed by atoms with E-state index < -0.39 is 6.16 Å². The number of carboxylic acid groups (broad SMARTS) is 1. The van der Waals surface area contributed by atoms with Crippen LogP contribution in [0.4, 0.5) is 4.79 Å². The zero-order valence-corrected chi connectivity index (χ0v) is 4.92. The minimum Gasteiger partial charge on any atom is -0.448 e. The van der Waals surface area contributed by atoms with Gasteiger partial charge in [-0.3, -0.25) is 0 Å². The van der Waals surface area contributed by atoms with E-state index in [1.807, 2.05) is 0 Å². The first-order valence-corrected chi connectivity index (χ1v) is 2.28. The molecular formula is C4H9NO3. The van der Waals surface area contributed by atoms with Gasteiger partial charge in [-0.2, -0.15) is 0 Å². The van der Waals surface area contributed by atoms with Crippen LogP contribution in [0.3, 0.4) is 0 Å². The molecule has 0 aliphatic heterocycles. The number of nitrogens with zero attached hydrogens (tertiary/aromatic N) is 1. The van der Waals surface area contributed by atoms with Gasteiger partial charge in [0.25, 0.3) is 0 Å². The van der Waals surface area contributed by atoms with Gasteiger partial charge in [-0.25, -0.2) is 4.79 Å². The molecule has 0 bridgehead atoms. The topological polar surface area (TPSA) is 49.8 Å². The molecule has 4 heteroatoms. The van der Waals surface area contributed by atoms with Crippen LogP contribution < -0.4 is 0 Å². The molecular weight excluding hydrogens is 110 g/mol. The van der Waals surface area contributed by atoms with Crippen molar-refractivity contribution in [1.82, 2.24) is 5.06 Å². The number of rotatable bonds is 2. The Labute approximate surface area is 47.6 Å². The molecule has 0 aromatic carbocycles. The van der Waals surface area contributed by atoms with Gasteiger partial charge in [0.15, 0.2) is 0 Å². The predicted octanol–water partition coefficient (Wildman–Crippen LogP) is 0.548. The Kier molecular flexibility index (Phi) is 2.95. The van der Waals surface area contributed by atoms with Gasteiger partial charge in [0.1, 0.15) is 0 Å². The third kappa shape index (κ3) is 3.42. The van der Waals surface area contributed by atoms with Crippen LogP contribution in [0.5, 0.6) is 0 Å². The average Bonchev–Trinajstić information content (AvgIpc) is 1.65. The SMILES string of the molecule is CCN(C)OC(=O)O. The fourth-order valence-corrected chi connectivity index (χ4v) is 0.198. The molecule has 0 aromatic heterocycles. The van der Waals surface area contributed by atoms with Crippen molar-refractivity contribution in [3.8, 4) is 0 Å². The van der Waals surface area contributed by atoms with Crippen LogP contribution in [0.15, 0.2) is 0 Å². The quantitative estimate of drug-likeness (QED) is 0.539. The van der Waals surface area contributed by atoms with E-state index in [4.69, 9.17) is 5.11 Å². The smallest absolute Gasteiger partial charge is 0.448 e. The largest absolute Gasteiger partial charge is 0.525 e. The van der Waals surface area contributed by atoms with Crippen molar-refractivity contribution >= 4 is 6.16 Å². The average molecular weight is 119 g/mol. The Hall–Kier alpha value is -0.770. The summed E-state index contributed by atoms with van der Waals surface area (Å²) in [7, 11) is 1.55. The lowest BCUT2D eigenvalue weighted by Gasteiger charge is -2.08. The minimum atomic E-state index is -1.27. The maximum absolute atomic E-state index is 9.70. The molecule has 0 unspecified atom stereocenters. The molecule has 0 fully saturated rings. The molecule has 0 aromatic rings. The second kappa shape index (κ2) is 3.26. The third-order valence-electron chi connectivity index (χ3n) is 0.679. The van der Waals surface area contributed by atoms with Gasteiger partial charge in [0.05, 0.1) is 0 Å². The first kappa shape index (κ1) is 7.23. The standard InChI is InChI=1S/C4H9NO3/c1-3-5(2)8-4(6)7/h3H2,1-2H3,(H,6,7). The molecule has 0 heterocycles. The summed E-state index contributed by atoms with van der Waals surface area (Å²) in [5, 5.41) is 9.18. The zero-order valence-electron chi connectivity index (χ0n) is 4.92. The number of carbonyl (C=O) groups is 1. The Bertz CT molecular complexity index is 83.4. The molecule has 48 valence electrons. The Morgan fingerprint density at radius 2 is 2.38 bits per heavy atom. The molecule has 0 atom stereocenters. The van der Waals surface area contributed by atoms with Crippen molar-refractivity contribution in [1.29, 1.82) is 0 Å². The second-order valence-corrected chi connectivity index (χ2v) is 1.30. The number of hydroxylamine groups is 2. The fourth-order valence-electron chi connectivity index (χ4n) is 0.198. The van der Waals surface area contributed by atoms with E-state index in [1.165, 1.54) is 5.06 Å². The molecule has 0 saturated heterocycles. The van der Waals surface area contributed by atoms with Crippen molar-refractivity contribution < 1.29 is 14.7 Å². The summed E-state index contributed by atoms with van der Waals surface area (Å²) in [5.74, 6) is 0. The van der Waals surface area contributed by atoms with Gasteiger partial charge < -0.3 is 9.94 Å². The van der Waals surface area contributed by atoms with Crippen molar-refractivity contribution in [2.75, 3.05) is 13.6 Å². The van der Waals surface area contributed by atoms with E-state index in [9.17, 15) is 4.79 Å². The second-order valence-electron chi connectivity index (χ2n) is 1.30. The molecule has 8 heavy (non-hydrogen) atoms. The van der Waals surface area contributed by atoms with E-state index >= 15 is 0 Å². The fraction of sp³-hybridized carbons (Fsp3) is 0.750. The van der Waals surface area contributed by atoms with Crippen molar-refractivity contribution in [3.05, 3.63) is 0 Å². The van der Waals surface area contributed by atoms with Gasteiger partial charge >= 0.3 is 6.16 Å². The Morgan fingerprint density at radius 3 is 2.50 bits per heavy atom. The van der Waals surface area contributed by atoms with Crippen LogP contribution in [-0.2, 0) is 4.84 Å². The van der Waals surface area contributed by atoms with E-state index in [2.05, 4.69) is 4.84 Å². The zero-order chi connectivity index (χ0) is 6.57. The van der Waals surface area contributed by atoms with Crippen LogP contribution in [0, 0.1) is 0 Å². The molecule has 0 amide bonds. The first-order chi connectivity index (χ1) is 3.66. The summed E-state index contributed by atoms with van der Waals surface area (Å²) in [4.78, 5) is 13.9. The molecule has 0 aliphatic rings. The van der Waals surface area contributed by atoms with Crippen LogP contribution in [-0.4, -0.2) is 29.9 Å². The normalized spacial score (nSPS) is 9.38. The molecule has 0 saturated carbocycles. The minimum absolute atomic E-state index is 0.562. The Balaban J connectivity index is 3.24. The van der Waals surface area contributed by atoms with E-state index in [1.54, 1.807) is 14.0 Å². The maximum Gasteiger partial charge on any atom is 0.525 e. The summed E-state index contributed by atoms with van der Waals surface area (Å²) < 4.78 is 0. The third-order valence-corrected chi connectivity index (χ3v) is 0.679. The molecule has 0 spiro atoms. The predicted molar refractivity (Wildman–Crippen MR) is 27.4 cm³/mol. The molecule has 0 rings (SSSR count). The van der Waals surface area contributed by atoms with Crippen molar-refractivity contribution in [2.45, 2.75) is 6.92 Å². The van der Waals surface area contributed by atoms with Crippen molar-refractivity contribution in [2.24, 2.45) is 0 Å². The van der Waals surface area contributed by atoms with Gasteiger partial charge in [0.2, 0.25) is 0 Å². The highest BCUT2D eigenvalue weighted by molar-refractivity contribution is 5.56. The molecule has 4 nitrogen and oxygen atoms in total. The van der Waals surface area contributed by atoms with Gasteiger partial charge in [-0.05, 0) is 6.92 Å². The highest BCUT2D eigenvalue weighted by Crippen LogP contribution is 1.82. The summed E-state index contributed by atoms with van der Waals surface area (Å²) in [6.07, 6.45) is -1.27. The highest BCUT2D eigenvalue weighted by Gasteiger charge is 1.98. The lowest BCUT2D eigenvalue weighted by molar-refractivity contribution is -0.0959. The molecule has 0 radical (unpaired) electrons. The van der Waals surface area contributed by atoms with Crippen LogP contribution in [0.1, 0.15) is 6.92 Å².